The third kappa shape index (κ3) is 7.77. The largest absolute Gasteiger partial charge is 0.495 e. The van der Waals surface area contributed by atoms with E-state index in [1.807, 2.05) is 38.1 Å². The number of halogens is 2. The summed E-state index contributed by atoms with van der Waals surface area (Å²) in [7, 11) is -2.83. The van der Waals surface area contributed by atoms with Crippen molar-refractivity contribution in [1.29, 1.82) is 0 Å². The highest BCUT2D eigenvalue weighted by atomic mass is 79.9. The first kappa shape index (κ1) is 31.4. The second-order valence-electron chi connectivity index (χ2n) is 9.28. The zero-order chi connectivity index (χ0) is 29.4. The molecule has 0 aliphatic carbocycles. The number of hydrogen-bond acceptors (Lipinski definition) is 5. The topological polar surface area (TPSA) is 96.0 Å². The average molecular weight is 651 g/mol. The van der Waals surface area contributed by atoms with Crippen LogP contribution >= 0.6 is 27.5 Å². The number of hydrogen-bond donors (Lipinski definition) is 1. The molecule has 0 saturated carbocycles. The summed E-state index contributed by atoms with van der Waals surface area (Å²) in [6.07, 6.45) is 0.719. The van der Waals surface area contributed by atoms with Crippen molar-refractivity contribution in [2.75, 3.05) is 18.0 Å². The Labute approximate surface area is 249 Å². The van der Waals surface area contributed by atoms with Gasteiger partial charge in [0.2, 0.25) is 11.8 Å². The smallest absolute Gasteiger partial charge is 0.264 e. The van der Waals surface area contributed by atoms with Gasteiger partial charge < -0.3 is 15.0 Å². The number of sulfonamides is 1. The van der Waals surface area contributed by atoms with Gasteiger partial charge in [0.25, 0.3) is 10.0 Å². The summed E-state index contributed by atoms with van der Waals surface area (Å²) >= 11 is 9.67. The lowest BCUT2D eigenvalue weighted by atomic mass is 10.1. The Kier molecular flexibility index (Phi) is 11.0. The third-order valence-electron chi connectivity index (χ3n) is 6.45. The number of ether oxygens (including phenoxy) is 1. The molecule has 11 heteroatoms. The Bertz CT molecular complexity index is 1420. The maximum absolute atomic E-state index is 14.0. The van der Waals surface area contributed by atoms with Crippen molar-refractivity contribution in [2.24, 2.45) is 0 Å². The summed E-state index contributed by atoms with van der Waals surface area (Å²) in [6.45, 7) is 4.96. The Hall–Kier alpha value is -3.08. The second-order valence-corrected chi connectivity index (χ2v) is 12.5. The minimum atomic E-state index is -4.24. The first-order valence-corrected chi connectivity index (χ1v) is 15.3. The number of methoxy groups -OCH3 is 1. The summed E-state index contributed by atoms with van der Waals surface area (Å²) in [6, 6.07) is 18.7. The fourth-order valence-corrected chi connectivity index (χ4v) is 5.79. The molecule has 0 aromatic heterocycles. The van der Waals surface area contributed by atoms with E-state index in [0.29, 0.717) is 0 Å². The molecule has 0 heterocycles. The maximum atomic E-state index is 14.0. The lowest BCUT2D eigenvalue weighted by Crippen LogP contribution is -2.52. The Morgan fingerprint density at radius 2 is 1.68 bits per heavy atom. The van der Waals surface area contributed by atoms with Crippen molar-refractivity contribution in [3.63, 3.8) is 0 Å². The number of benzene rings is 3. The molecule has 1 N–H and O–H groups in total. The predicted molar refractivity (Wildman–Crippen MR) is 161 cm³/mol. The highest BCUT2D eigenvalue weighted by Crippen LogP contribution is 2.35. The van der Waals surface area contributed by atoms with E-state index in [1.165, 1.54) is 36.3 Å². The highest BCUT2D eigenvalue weighted by molar-refractivity contribution is 9.10. The molecule has 3 aromatic rings. The van der Waals surface area contributed by atoms with Gasteiger partial charge in [-0.3, -0.25) is 13.9 Å². The monoisotopic (exact) mass is 649 g/mol. The van der Waals surface area contributed by atoms with Gasteiger partial charge in [-0.15, -0.1) is 0 Å². The summed E-state index contributed by atoms with van der Waals surface area (Å²) in [5.41, 5.74) is 0.880. The molecule has 0 fully saturated rings. The van der Waals surface area contributed by atoms with Crippen molar-refractivity contribution < 1.29 is 22.7 Å². The quantitative estimate of drug-likeness (QED) is 0.274. The molecule has 214 valence electrons. The van der Waals surface area contributed by atoms with Crippen LogP contribution in [-0.2, 0) is 26.2 Å². The van der Waals surface area contributed by atoms with Gasteiger partial charge in [0.05, 0.1) is 17.7 Å². The number of amides is 2. The van der Waals surface area contributed by atoms with Crippen molar-refractivity contribution in [3.8, 4) is 5.75 Å². The Morgan fingerprint density at radius 3 is 2.27 bits per heavy atom. The van der Waals surface area contributed by atoms with Gasteiger partial charge in [-0.05, 0) is 68.3 Å². The molecule has 3 aromatic carbocycles. The standard InChI is InChI=1S/C29H33BrClN3O5S/c1-5-20(2)32-29(36)21(3)33(18-22-11-13-23(30)14-12-22)28(35)19-34(26-17-24(31)15-16-27(26)39-4)40(37,38)25-9-7-6-8-10-25/h6-17,20-21H,5,18-19H2,1-4H3,(H,32,36)/t20-,21+/m0/s1. The third-order valence-corrected chi connectivity index (χ3v) is 8.99. The molecule has 0 unspecified atom stereocenters. The van der Waals surface area contributed by atoms with Crippen LogP contribution in [0, 0.1) is 0 Å². The van der Waals surface area contributed by atoms with Crippen LogP contribution in [-0.4, -0.2) is 50.9 Å². The van der Waals surface area contributed by atoms with Gasteiger partial charge in [-0.25, -0.2) is 8.42 Å². The zero-order valence-corrected chi connectivity index (χ0v) is 26.0. The molecule has 0 radical (unpaired) electrons. The lowest BCUT2D eigenvalue weighted by molar-refractivity contribution is -0.139. The summed E-state index contributed by atoms with van der Waals surface area (Å²) < 4.78 is 35.1. The van der Waals surface area contributed by atoms with Crippen molar-refractivity contribution >= 4 is 55.1 Å². The van der Waals surface area contributed by atoms with E-state index in [4.69, 9.17) is 16.3 Å². The molecule has 40 heavy (non-hydrogen) atoms. The van der Waals surface area contributed by atoms with Gasteiger partial charge >= 0.3 is 0 Å². The van der Waals surface area contributed by atoms with E-state index in [2.05, 4.69) is 21.2 Å². The van der Waals surface area contributed by atoms with Crippen molar-refractivity contribution in [3.05, 3.63) is 87.9 Å². The van der Waals surface area contributed by atoms with Crippen LogP contribution in [0.15, 0.2) is 82.2 Å². The molecule has 0 saturated heterocycles. The van der Waals surface area contributed by atoms with Crippen LogP contribution in [0.25, 0.3) is 0 Å². The summed E-state index contributed by atoms with van der Waals surface area (Å²) in [5, 5.41) is 3.18. The number of nitrogens with one attached hydrogen (secondary N) is 1. The molecular weight excluding hydrogens is 618 g/mol. The number of carbonyl (C=O) groups is 2. The van der Waals surface area contributed by atoms with Crippen molar-refractivity contribution in [2.45, 2.75) is 50.7 Å². The van der Waals surface area contributed by atoms with E-state index in [0.717, 1.165) is 20.8 Å². The molecule has 8 nitrogen and oxygen atoms in total. The van der Waals surface area contributed by atoms with Gasteiger partial charge in [0.15, 0.2) is 0 Å². The van der Waals surface area contributed by atoms with Gasteiger partial charge in [-0.2, -0.15) is 0 Å². The van der Waals surface area contributed by atoms with E-state index in [-0.39, 0.29) is 39.8 Å². The molecule has 0 spiro atoms. The van der Waals surface area contributed by atoms with Crippen LogP contribution in [0.5, 0.6) is 5.75 Å². The van der Waals surface area contributed by atoms with E-state index in [9.17, 15) is 18.0 Å². The molecule has 0 aliphatic heterocycles. The normalized spacial score (nSPS) is 12.8. The van der Waals surface area contributed by atoms with Gasteiger partial charge in [0, 0.05) is 22.1 Å². The van der Waals surface area contributed by atoms with Gasteiger partial charge in [-0.1, -0.05) is 64.8 Å². The van der Waals surface area contributed by atoms with Crippen LogP contribution in [0.4, 0.5) is 5.69 Å². The first-order chi connectivity index (χ1) is 19.0. The maximum Gasteiger partial charge on any atom is 0.264 e. The Balaban J connectivity index is 2.08. The highest BCUT2D eigenvalue weighted by Gasteiger charge is 2.34. The minimum Gasteiger partial charge on any atom is -0.495 e. The fourth-order valence-electron chi connectivity index (χ4n) is 3.93. The van der Waals surface area contributed by atoms with E-state index >= 15 is 0 Å². The van der Waals surface area contributed by atoms with Crippen LogP contribution in [0.2, 0.25) is 5.02 Å². The first-order valence-electron chi connectivity index (χ1n) is 12.7. The molecule has 2 atom stereocenters. The fraction of sp³-hybridized carbons (Fsp3) is 0.310. The molecule has 3 rings (SSSR count). The number of anilines is 1. The molecule has 2 amide bonds. The predicted octanol–water partition coefficient (Wildman–Crippen LogP) is 5.64. The number of nitrogens with zero attached hydrogens (tertiary/aromatic N) is 2. The molecule has 0 aliphatic rings. The van der Waals surface area contributed by atoms with Crippen LogP contribution < -0.4 is 14.4 Å². The zero-order valence-electron chi connectivity index (χ0n) is 22.8. The van der Waals surface area contributed by atoms with E-state index in [1.54, 1.807) is 31.2 Å². The average Bonchev–Trinajstić information content (AvgIpc) is 2.95. The van der Waals surface area contributed by atoms with Crippen LogP contribution in [0.3, 0.4) is 0 Å². The summed E-state index contributed by atoms with van der Waals surface area (Å²) in [4.78, 5) is 28.5. The second kappa shape index (κ2) is 14.0. The number of rotatable bonds is 12. The van der Waals surface area contributed by atoms with Crippen LogP contribution in [0.1, 0.15) is 32.8 Å². The minimum absolute atomic E-state index is 0.00755. The Morgan fingerprint density at radius 1 is 1.02 bits per heavy atom. The molecular formula is C29H33BrClN3O5S. The summed E-state index contributed by atoms with van der Waals surface area (Å²) in [5.74, 6) is -0.687. The van der Waals surface area contributed by atoms with Gasteiger partial charge in [0.1, 0.15) is 18.3 Å². The number of carbonyl (C=O) groups excluding carboxylic acids is 2. The van der Waals surface area contributed by atoms with E-state index < -0.39 is 28.5 Å². The molecule has 0 bridgehead atoms. The van der Waals surface area contributed by atoms with Crippen molar-refractivity contribution in [1.82, 2.24) is 10.2 Å². The lowest BCUT2D eigenvalue weighted by Gasteiger charge is -2.33. The SMILES string of the molecule is CC[C@H](C)NC(=O)[C@@H](C)N(Cc1ccc(Br)cc1)C(=O)CN(c1cc(Cl)ccc1OC)S(=O)(=O)c1ccccc1.